The number of rotatable bonds is 8. The zero-order valence-corrected chi connectivity index (χ0v) is 21.2. The number of nitrogens with one attached hydrogen (secondary N) is 1. The van der Waals surface area contributed by atoms with Crippen LogP contribution >= 0.6 is 7.82 Å². The number of aliphatic hydroxyl groups excluding tert-OH is 2. The van der Waals surface area contributed by atoms with E-state index in [9.17, 15) is 19.7 Å². The number of nitrogens with two attached hydrogens (primary N) is 2. The van der Waals surface area contributed by atoms with Crippen LogP contribution in [0, 0.1) is 0 Å². The lowest BCUT2D eigenvalue weighted by atomic mass is 10.2. The molecule has 0 amide bonds. The van der Waals surface area contributed by atoms with Crippen LogP contribution in [0.4, 0.5) is 23.1 Å². The molecular weight excluding hydrogens is 539 g/mol. The summed E-state index contributed by atoms with van der Waals surface area (Å²) in [5.41, 5.74) is 13.1. The van der Waals surface area contributed by atoms with Crippen molar-refractivity contribution in [1.29, 1.82) is 0 Å². The van der Waals surface area contributed by atoms with Crippen molar-refractivity contribution in [3.8, 4) is 0 Å². The summed E-state index contributed by atoms with van der Waals surface area (Å²) in [5, 5.41) is 24.0. The summed E-state index contributed by atoms with van der Waals surface area (Å²) in [6, 6.07) is 0. The normalized spacial score (nSPS) is 30.0. The van der Waals surface area contributed by atoms with Crippen LogP contribution in [0.2, 0.25) is 0 Å². The molecule has 19 heteroatoms. The second-order valence-corrected chi connectivity index (χ2v) is 10.7. The number of phosphoric acid groups is 1. The molecule has 210 valence electrons. The summed E-state index contributed by atoms with van der Waals surface area (Å²) in [5.74, 6) is 1.03. The number of ether oxygens (including phenoxy) is 2. The monoisotopic (exact) mass is 566 g/mol. The first-order valence-corrected chi connectivity index (χ1v) is 13.5. The molecule has 0 aliphatic carbocycles. The molecule has 0 saturated carbocycles. The topological polar surface area (TPSA) is 251 Å². The molecule has 2 saturated heterocycles. The number of fused-ring (bicyclic) bond motifs is 2. The minimum Gasteiger partial charge on any atom is -0.390 e. The van der Waals surface area contributed by atoms with E-state index in [0.717, 1.165) is 0 Å². The highest BCUT2D eigenvalue weighted by atomic mass is 31.2. The Morgan fingerprint density at radius 3 is 2.36 bits per heavy atom. The van der Waals surface area contributed by atoms with Gasteiger partial charge in [-0.05, 0) is 0 Å². The maximum absolute atomic E-state index is 12.5. The summed E-state index contributed by atoms with van der Waals surface area (Å²) in [4.78, 5) is 32.4. The Balaban J connectivity index is 1.01. The molecule has 0 bridgehead atoms. The first-order chi connectivity index (χ1) is 18.7. The standard InChI is InChI=1S/C20H27N10O8P/c21-17-15-19(25-5-23-17)29(7-27-15)13-1-9(31)11(37-13)3-35-39(33,34)36-4-12-10(32)2-14(38-12)30-8-28-16-18(22)24-6-26-20(16)30/h5-7,9-14,28,31-32H,1-4,8H2,(H,33,34)(H2,21,23,25)(H2,22,24,26)/t9-,10-,11+,12+,13+,14+/m0/s1. The molecular formula is C20H27N10O8P. The second-order valence-electron chi connectivity index (χ2n) is 9.27. The molecule has 0 spiro atoms. The van der Waals surface area contributed by atoms with Crippen molar-refractivity contribution >= 4 is 42.1 Å². The number of anilines is 4. The van der Waals surface area contributed by atoms with Gasteiger partial charge in [-0.2, -0.15) is 0 Å². The zero-order valence-electron chi connectivity index (χ0n) is 20.3. The van der Waals surface area contributed by atoms with Crippen LogP contribution in [-0.4, -0.2) is 95.1 Å². The number of nitrogen functional groups attached to an aromatic ring is 2. The largest absolute Gasteiger partial charge is 0.472 e. The van der Waals surface area contributed by atoms with E-state index in [0.29, 0.717) is 35.2 Å². The molecule has 6 rings (SSSR count). The van der Waals surface area contributed by atoms with Crippen LogP contribution in [0.15, 0.2) is 19.0 Å². The minimum absolute atomic E-state index is 0.161. The fraction of sp³-hybridized carbons (Fsp3) is 0.550. The van der Waals surface area contributed by atoms with Gasteiger partial charge in [0.1, 0.15) is 48.5 Å². The van der Waals surface area contributed by atoms with Gasteiger partial charge in [0.15, 0.2) is 23.1 Å². The van der Waals surface area contributed by atoms with Gasteiger partial charge in [0.2, 0.25) is 0 Å². The molecule has 6 heterocycles. The Kier molecular flexibility index (Phi) is 6.72. The number of hydrogen-bond donors (Lipinski definition) is 6. The number of phosphoric ester groups is 1. The quantitative estimate of drug-likeness (QED) is 0.177. The lowest BCUT2D eigenvalue weighted by molar-refractivity contribution is -0.0500. The summed E-state index contributed by atoms with van der Waals surface area (Å²) in [7, 11) is -4.58. The van der Waals surface area contributed by atoms with Gasteiger partial charge in [-0.15, -0.1) is 0 Å². The van der Waals surface area contributed by atoms with E-state index in [4.69, 9.17) is 30.0 Å². The van der Waals surface area contributed by atoms with Crippen molar-refractivity contribution in [2.45, 2.75) is 49.7 Å². The fourth-order valence-corrected chi connectivity index (χ4v) is 5.55. The molecule has 3 aromatic heterocycles. The smallest absolute Gasteiger partial charge is 0.390 e. The Hall–Kier alpha value is -3.22. The van der Waals surface area contributed by atoms with Gasteiger partial charge in [-0.25, -0.2) is 29.5 Å². The summed E-state index contributed by atoms with van der Waals surface area (Å²) < 4.78 is 36.0. The van der Waals surface area contributed by atoms with Gasteiger partial charge in [-0.3, -0.25) is 13.6 Å². The number of aromatic nitrogens is 6. The number of aliphatic hydroxyl groups is 2. The predicted octanol–water partition coefficient (Wildman–Crippen LogP) is -1.07. The van der Waals surface area contributed by atoms with E-state index in [1.807, 2.05) is 0 Å². The first-order valence-electron chi connectivity index (χ1n) is 12.0. The van der Waals surface area contributed by atoms with E-state index in [1.54, 1.807) is 9.47 Å². The molecule has 2 fully saturated rings. The third-order valence-electron chi connectivity index (χ3n) is 6.81. The van der Waals surface area contributed by atoms with Crippen LogP contribution in [0.5, 0.6) is 0 Å². The lowest BCUT2D eigenvalue weighted by Crippen LogP contribution is -2.36. The molecule has 18 nitrogen and oxygen atoms in total. The van der Waals surface area contributed by atoms with Crippen LogP contribution in [0.1, 0.15) is 19.1 Å². The average molecular weight is 566 g/mol. The van der Waals surface area contributed by atoms with Crippen molar-refractivity contribution in [3.63, 3.8) is 0 Å². The summed E-state index contributed by atoms with van der Waals surface area (Å²) in [6.45, 7) is -0.502. The molecule has 7 atom stereocenters. The Morgan fingerprint density at radius 1 is 0.974 bits per heavy atom. The van der Waals surface area contributed by atoms with Gasteiger partial charge in [-0.1, -0.05) is 0 Å². The van der Waals surface area contributed by atoms with Crippen LogP contribution in [0.25, 0.3) is 11.2 Å². The van der Waals surface area contributed by atoms with E-state index in [1.165, 1.54) is 19.0 Å². The summed E-state index contributed by atoms with van der Waals surface area (Å²) in [6.07, 6.45) is -0.568. The molecule has 39 heavy (non-hydrogen) atoms. The maximum Gasteiger partial charge on any atom is 0.472 e. The Labute approximate surface area is 220 Å². The lowest BCUT2D eigenvalue weighted by Gasteiger charge is -2.24. The molecule has 0 aromatic carbocycles. The van der Waals surface area contributed by atoms with Crippen LogP contribution in [0.3, 0.4) is 0 Å². The van der Waals surface area contributed by atoms with E-state index in [-0.39, 0.29) is 18.7 Å². The van der Waals surface area contributed by atoms with Crippen LogP contribution < -0.4 is 21.7 Å². The molecule has 1 unspecified atom stereocenters. The van der Waals surface area contributed by atoms with Crippen molar-refractivity contribution < 1.29 is 38.2 Å². The van der Waals surface area contributed by atoms with Crippen molar-refractivity contribution in [3.05, 3.63) is 19.0 Å². The second kappa shape index (κ2) is 10.1. The van der Waals surface area contributed by atoms with Crippen molar-refractivity contribution in [2.24, 2.45) is 0 Å². The first kappa shape index (κ1) is 26.0. The highest BCUT2D eigenvalue weighted by Crippen LogP contribution is 2.45. The third kappa shape index (κ3) is 4.96. The van der Waals surface area contributed by atoms with Crippen molar-refractivity contribution in [1.82, 2.24) is 29.5 Å². The average Bonchev–Trinajstić information content (AvgIpc) is 3.67. The van der Waals surface area contributed by atoms with E-state index >= 15 is 0 Å². The molecule has 3 aromatic rings. The van der Waals surface area contributed by atoms with Gasteiger partial charge >= 0.3 is 7.82 Å². The number of imidazole rings is 1. The number of nitrogens with zero attached hydrogens (tertiary/aromatic N) is 7. The maximum atomic E-state index is 12.5. The summed E-state index contributed by atoms with van der Waals surface area (Å²) >= 11 is 0. The Morgan fingerprint density at radius 2 is 1.62 bits per heavy atom. The SMILES string of the molecule is Nc1ncnc2c1NCN2[C@H]1C[C@H](O)[C@@H](COP(=O)(O)OC[C@H]2O[C@@H](n3cnc4c(N)ncnc43)C[C@@H]2O)O1. The molecule has 8 N–H and O–H groups in total. The van der Waals surface area contributed by atoms with Gasteiger partial charge < -0.3 is 46.3 Å². The predicted molar refractivity (Wildman–Crippen MR) is 133 cm³/mol. The minimum atomic E-state index is -4.58. The highest BCUT2D eigenvalue weighted by Gasteiger charge is 2.42. The van der Waals surface area contributed by atoms with E-state index in [2.05, 4.69) is 30.2 Å². The zero-order chi connectivity index (χ0) is 27.3. The third-order valence-corrected chi connectivity index (χ3v) is 7.76. The van der Waals surface area contributed by atoms with E-state index < -0.39 is 57.9 Å². The fourth-order valence-electron chi connectivity index (χ4n) is 4.80. The number of hydrogen-bond acceptors (Lipinski definition) is 16. The van der Waals surface area contributed by atoms with Crippen molar-refractivity contribution in [2.75, 3.05) is 41.6 Å². The Bertz CT molecular complexity index is 1410. The molecule has 3 aliphatic heterocycles. The van der Waals surface area contributed by atoms with Gasteiger partial charge in [0.05, 0.1) is 38.4 Å². The molecule has 3 aliphatic rings. The van der Waals surface area contributed by atoms with Gasteiger partial charge in [0.25, 0.3) is 0 Å². The van der Waals surface area contributed by atoms with Crippen LogP contribution in [-0.2, 0) is 23.1 Å². The van der Waals surface area contributed by atoms with Gasteiger partial charge in [0, 0.05) is 12.8 Å². The highest BCUT2D eigenvalue weighted by molar-refractivity contribution is 7.47. The molecule has 0 radical (unpaired) electrons.